The zero-order chi connectivity index (χ0) is 22.2. The first-order valence-electron chi connectivity index (χ1n) is 9.57. The maximum Gasteiger partial charge on any atom is 0.338 e. The molecule has 0 aromatic heterocycles. The molecule has 0 saturated carbocycles. The van der Waals surface area contributed by atoms with Gasteiger partial charge >= 0.3 is 5.97 Å². The Morgan fingerprint density at radius 3 is 2.26 bits per heavy atom. The number of hydrogen-bond donors (Lipinski definition) is 0. The molecule has 3 rings (SSSR count). The summed E-state index contributed by atoms with van der Waals surface area (Å²) in [7, 11) is 0. The number of hydrogen-bond acceptors (Lipinski definition) is 5. The van der Waals surface area contributed by atoms with Crippen molar-refractivity contribution in [1.82, 2.24) is 0 Å². The lowest BCUT2D eigenvalue weighted by Gasteiger charge is -2.15. The highest BCUT2D eigenvalue weighted by atomic mass is 79.9. The monoisotopic (exact) mass is 546 g/mol. The zero-order valence-corrected chi connectivity index (χ0v) is 19.9. The van der Waals surface area contributed by atoms with Gasteiger partial charge in [-0.05, 0) is 52.7 Å². The molecule has 0 heterocycles. The van der Waals surface area contributed by atoms with E-state index in [0.717, 1.165) is 10.0 Å². The Balaban J connectivity index is 1.73. The van der Waals surface area contributed by atoms with Crippen molar-refractivity contribution >= 4 is 43.6 Å². The van der Waals surface area contributed by atoms with Crippen LogP contribution in [0.2, 0.25) is 0 Å². The Bertz CT molecular complexity index is 1050. The largest absolute Gasteiger partial charge is 0.489 e. The summed E-state index contributed by atoms with van der Waals surface area (Å²) >= 11 is 6.75. The second-order valence-electron chi connectivity index (χ2n) is 6.50. The Kier molecular flexibility index (Phi) is 8.26. The second-order valence-corrected chi connectivity index (χ2v) is 8.27. The SMILES string of the molecule is CCOc1c(Br)cc(C(=O)OCC(=O)c2ccc(Br)cc2)cc1OCc1ccccc1. The maximum atomic E-state index is 12.6. The van der Waals surface area contributed by atoms with E-state index < -0.39 is 5.97 Å². The van der Waals surface area contributed by atoms with E-state index in [1.165, 1.54) is 0 Å². The highest BCUT2D eigenvalue weighted by Crippen LogP contribution is 2.37. The fraction of sp³-hybridized carbons (Fsp3) is 0.167. The first kappa shape index (κ1) is 23.0. The van der Waals surface area contributed by atoms with Gasteiger partial charge in [-0.2, -0.15) is 0 Å². The summed E-state index contributed by atoms with van der Waals surface area (Å²) in [5.41, 5.74) is 1.70. The van der Waals surface area contributed by atoms with E-state index in [9.17, 15) is 9.59 Å². The Hall–Kier alpha value is -2.64. The fourth-order valence-electron chi connectivity index (χ4n) is 2.75. The molecule has 0 N–H and O–H groups in total. The maximum absolute atomic E-state index is 12.6. The summed E-state index contributed by atoms with van der Waals surface area (Å²) in [4.78, 5) is 24.9. The van der Waals surface area contributed by atoms with Gasteiger partial charge in [0.1, 0.15) is 6.61 Å². The smallest absolute Gasteiger partial charge is 0.338 e. The summed E-state index contributed by atoms with van der Waals surface area (Å²) in [5.74, 6) is -0.00245. The van der Waals surface area contributed by atoms with Crippen LogP contribution in [0.3, 0.4) is 0 Å². The molecule has 5 nitrogen and oxygen atoms in total. The molecule has 7 heteroatoms. The second kappa shape index (κ2) is 11.1. The first-order chi connectivity index (χ1) is 15.0. The molecule has 3 aromatic rings. The van der Waals surface area contributed by atoms with Crippen molar-refractivity contribution in [2.24, 2.45) is 0 Å². The van der Waals surface area contributed by atoms with Gasteiger partial charge in [0.15, 0.2) is 23.9 Å². The lowest BCUT2D eigenvalue weighted by atomic mass is 10.1. The van der Waals surface area contributed by atoms with Gasteiger partial charge in [-0.3, -0.25) is 4.79 Å². The van der Waals surface area contributed by atoms with Gasteiger partial charge in [0.05, 0.1) is 16.6 Å². The number of halogens is 2. The average molecular weight is 548 g/mol. The minimum atomic E-state index is -0.626. The number of benzene rings is 3. The van der Waals surface area contributed by atoms with Crippen molar-refractivity contribution < 1.29 is 23.8 Å². The third kappa shape index (κ3) is 6.42. The summed E-state index contributed by atoms with van der Waals surface area (Å²) in [5, 5.41) is 0. The zero-order valence-electron chi connectivity index (χ0n) is 16.8. The molecule has 0 atom stereocenters. The van der Waals surface area contributed by atoms with Gasteiger partial charge in [0.25, 0.3) is 0 Å². The number of carbonyl (C=O) groups is 2. The van der Waals surface area contributed by atoms with Crippen molar-refractivity contribution in [3.8, 4) is 11.5 Å². The summed E-state index contributed by atoms with van der Waals surface area (Å²) in [6.07, 6.45) is 0. The van der Waals surface area contributed by atoms with E-state index in [0.29, 0.717) is 34.7 Å². The van der Waals surface area contributed by atoms with Crippen LogP contribution < -0.4 is 9.47 Å². The molecule has 0 aliphatic heterocycles. The van der Waals surface area contributed by atoms with Crippen LogP contribution in [0.15, 0.2) is 75.7 Å². The van der Waals surface area contributed by atoms with Crippen LogP contribution in [0.4, 0.5) is 0 Å². The minimum absolute atomic E-state index is 0.252. The fourth-order valence-corrected chi connectivity index (χ4v) is 3.57. The van der Waals surface area contributed by atoms with E-state index in [4.69, 9.17) is 14.2 Å². The number of Topliss-reactive ketones (excluding diaryl/α,β-unsaturated/α-hetero) is 1. The molecule has 0 fully saturated rings. The van der Waals surface area contributed by atoms with Gasteiger partial charge in [0.2, 0.25) is 0 Å². The normalized spacial score (nSPS) is 10.4. The van der Waals surface area contributed by atoms with Gasteiger partial charge in [-0.15, -0.1) is 0 Å². The average Bonchev–Trinajstić information content (AvgIpc) is 2.78. The van der Waals surface area contributed by atoms with Crippen LogP contribution in [0.25, 0.3) is 0 Å². The van der Waals surface area contributed by atoms with Crippen LogP contribution in [0, 0.1) is 0 Å². The van der Waals surface area contributed by atoms with Crippen molar-refractivity contribution in [3.05, 3.63) is 92.4 Å². The predicted octanol–water partition coefficient (Wildman–Crippen LogP) is 6.23. The molecule has 0 unspecified atom stereocenters. The Morgan fingerprint density at radius 1 is 0.871 bits per heavy atom. The third-order valence-corrected chi connectivity index (χ3v) is 5.39. The summed E-state index contributed by atoms with van der Waals surface area (Å²) in [6.45, 7) is 2.26. The van der Waals surface area contributed by atoms with E-state index in [1.54, 1.807) is 36.4 Å². The molecule has 160 valence electrons. The molecule has 3 aromatic carbocycles. The van der Waals surface area contributed by atoms with Gasteiger partial charge in [-0.1, -0.05) is 58.4 Å². The standard InChI is InChI=1S/C24H20Br2O5/c1-2-29-23-20(26)12-18(13-22(23)30-14-16-6-4-3-5-7-16)24(28)31-15-21(27)17-8-10-19(25)11-9-17/h3-13H,2,14-15H2,1H3. The molecule has 0 aliphatic carbocycles. The van der Waals surface area contributed by atoms with E-state index in [-0.39, 0.29) is 18.0 Å². The van der Waals surface area contributed by atoms with Gasteiger partial charge in [0, 0.05) is 10.0 Å². The van der Waals surface area contributed by atoms with E-state index in [1.807, 2.05) is 37.3 Å². The molecule has 0 amide bonds. The quantitative estimate of drug-likeness (QED) is 0.235. The highest BCUT2D eigenvalue weighted by Gasteiger charge is 2.18. The molecular formula is C24H20Br2O5. The first-order valence-corrected chi connectivity index (χ1v) is 11.2. The lowest BCUT2D eigenvalue weighted by Crippen LogP contribution is -2.14. The van der Waals surface area contributed by atoms with Crippen molar-refractivity contribution in [2.45, 2.75) is 13.5 Å². The van der Waals surface area contributed by atoms with Crippen LogP contribution in [-0.2, 0) is 11.3 Å². The number of carbonyl (C=O) groups excluding carboxylic acids is 2. The predicted molar refractivity (Wildman–Crippen MR) is 125 cm³/mol. The molecule has 31 heavy (non-hydrogen) atoms. The van der Waals surface area contributed by atoms with Crippen LogP contribution in [-0.4, -0.2) is 25.0 Å². The number of ketones is 1. The molecule has 0 spiro atoms. The highest BCUT2D eigenvalue weighted by molar-refractivity contribution is 9.10. The molecule has 0 bridgehead atoms. The number of ether oxygens (including phenoxy) is 3. The van der Waals surface area contributed by atoms with Gasteiger partial charge < -0.3 is 14.2 Å². The number of rotatable bonds is 9. The molecule has 0 saturated heterocycles. The van der Waals surface area contributed by atoms with Crippen molar-refractivity contribution in [1.29, 1.82) is 0 Å². The van der Waals surface area contributed by atoms with E-state index >= 15 is 0 Å². The van der Waals surface area contributed by atoms with Crippen LogP contribution in [0.1, 0.15) is 33.2 Å². The Morgan fingerprint density at radius 2 is 1.58 bits per heavy atom. The van der Waals surface area contributed by atoms with Crippen LogP contribution in [0.5, 0.6) is 11.5 Å². The topological polar surface area (TPSA) is 61.8 Å². The van der Waals surface area contributed by atoms with E-state index in [2.05, 4.69) is 31.9 Å². The third-order valence-electron chi connectivity index (χ3n) is 4.27. The van der Waals surface area contributed by atoms with Crippen molar-refractivity contribution in [2.75, 3.05) is 13.2 Å². The van der Waals surface area contributed by atoms with Gasteiger partial charge in [-0.25, -0.2) is 4.79 Å². The lowest BCUT2D eigenvalue weighted by molar-refractivity contribution is 0.0474. The number of esters is 1. The summed E-state index contributed by atoms with van der Waals surface area (Å²) < 4.78 is 18.2. The minimum Gasteiger partial charge on any atom is -0.489 e. The molecule has 0 radical (unpaired) electrons. The van der Waals surface area contributed by atoms with Crippen molar-refractivity contribution in [3.63, 3.8) is 0 Å². The Labute approximate surface area is 197 Å². The summed E-state index contributed by atoms with van der Waals surface area (Å²) in [6, 6.07) is 19.7. The molecule has 0 aliphatic rings. The molecular weight excluding hydrogens is 528 g/mol. The van der Waals surface area contributed by atoms with Crippen LogP contribution >= 0.6 is 31.9 Å².